The minimum Gasteiger partial charge on any atom is -0.346 e. The summed E-state index contributed by atoms with van der Waals surface area (Å²) in [6.45, 7) is 7.32. The first-order chi connectivity index (χ1) is 9.87. The topological polar surface area (TPSA) is 62.3 Å². The number of amides is 2. The van der Waals surface area contributed by atoms with E-state index in [4.69, 9.17) is 0 Å². The quantitative estimate of drug-likeness (QED) is 0.908. The van der Waals surface area contributed by atoms with E-state index in [2.05, 4.69) is 10.3 Å². The summed E-state index contributed by atoms with van der Waals surface area (Å²) in [6, 6.07) is 3.25. The molecule has 2 amide bonds. The third-order valence-corrected chi connectivity index (χ3v) is 3.37. The van der Waals surface area contributed by atoms with E-state index in [9.17, 15) is 9.59 Å². The van der Waals surface area contributed by atoms with Crippen molar-refractivity contribution in [3.05, 3.63) is 29.6 Å². The monoisotopic (exact) mass is 289 g/mol. The van der Waals surface area contributed by atoms with Crippen LogP contribution in [0.4, 0.5) is 0 Å². The van der Waals surface area contributed by atoms with Crippen LogP contribution in [0.2, 0.25) is 0 Å². The number of pyridine rings is 1. The van der Waals surface area contributed by atoms with Gasteiger partial charge in [0.2, 0.25) is 0 Å². The summed E-state index contributed by atoms with van der Waals surface area (Å²) in [4.78, 5) is 30.5. The smallest absolute Gasteiger partial charge is 0.270 e. The third kappa shape index (κ3) is 4.28. The van der Waals surface area contributed by atoms with Crippen LogP contribution in [-0.2, 0) is 0 Å². The van der Waals surface area contributed by atoms with E-state index < -0.39 is 0 Å². The fourth-order valence-electron chi connectivity index (χ4n) is 2.37. The molecule has 1 aromatic heterocycles. The second kappa shape index (κ2) is 6.24. The lowest BCUT2D eigenvalue weighted by molar-refractivity contribution is 0.0724. The highest BCUT2D eigenvalue weighted by Gasteiger charge is 2.21. The van der Waals surface area contributed by atoms with Crippen LogP contribution >= 0.6 is 0 Å². The van der Waals surface area contributed by atoms with Crippen molar-refractivity contribution in [2.24, 2.45) is 0 Å². The molecule has 1 aliphatic rings. The lowest BCUT2D eigenvalue weighted by atomic mass is 10.1. The van der Waals surface area contributed by atoms with E-state index >= 15 is 0 Å². The number of rotatable bonds is 2. The standard InChI is InChI=1S/C16H23N3O2/c1-16(2,3)18-14(20)13-11-12(7-8-17-13)15(21)19-9-5-4-6-10-19/h7-8,11H,4-6,9-10H2,1-3H3,(H,18,20). The Labute approximate surface area is 125 Å². The summed E-state index contributed by atoms with van der Waals surface area (Å²) in [6.07, 6.45) is 4.80. The molecule has 2 rings (SSSR count). The van der Waals surface area contributed by atoms with E-state index in [1.54, 1.807) is 12.1 Å². The summed E-state index contributed by atoms with van der Waals surface area (Å²) in [7, 11) is 0. The molecule has 1 aliphatic heterocycles. The van der Waals surface area contributed by atoms with Gasteiger partial charge in [0.1, 0.15) is 5.69 Å². The SMILES string of the molecule is CC(C)(C)NC(=O)c1cc(C(=O)N2CCCCC2)ccn1. The second-order valence-electron chi connectivity index (χ2n) is 6.49. The molecular formula is C16H23N3O2. The van der Waals surface area contributed by atoms with Crippen LogP contribution in [0, 0.1) is 0 Å². The zero-order valence-corrected chi connectivity index (χ0v) is 13.0. The molecule has 1 fully saturated rings. The zero-order valence-electron chi connectivity index (χ0n) is 13.0. The highest BCUT2D eigenvalue weighted by atomic mass is 16.2. The Hall–Kier alpha value is -1.91. The number of nitrogens with zero attached hydrogens (tertiary/aromatic N) is 2. The molecule has 0 aliphatic carbocycles. The van der Waals surface area contributed by atoms with E-state index in [-0.39, 0.29) is 23.0 Å². The number of carbonyl (C=O) groups is 2. The first kappa shape index (κ1) is 15.5. The predicted octanol–water partition coefficient (Wildman–Crippen LogP) is 2.24. The van der Waals surface area contributed by atoms with Gasteiger partial charge < -0.3 is 10.2 Å². The van der Waals surface area contributed by atoms with Crippen molar-refractivity contribution < 1.29 is 9.59 Å². The van der Waals surface area contributed by atoms with Gasteiger partial charge in [-0.2, -0.15) is 0 Å². The Morgan fingerprint density at radius 1 is 1.19 bits per heavy atom. The summed E-state index contributed by atoms with van der Waals surface area (Å²) in [5.41, 5.74) is 0.491. The van der Waals surface area contributed by atoms with Gasteiger partial charge >= 0.3 is 0 Å². The van der Waals surface area contributed by atoms with Gasteiger partial charge in [0, 0.05) is 30.4 Å². The fraction of sp³-hybridized carbons (Fsp3) is 0.562. The normalized spacial score (nSPS) is 15.7. The van der Waals surface area contributed by atoms with Gasteiger partial charge in [-0.15, -0.1) is 0 Å². The van der Waals surface area contributed by atoms with Gasteiger partial charge in [0.15, 0.2) is 0 Å². The molecule has 0 aromatic carbocycles. The molecular weight excluding hydrogens is 266 g/mol. The minimum absolute atomic E-state index is 0.0121. The molecule has 0 saturated carbocycles. The van der Waals surface area contributed by atoms with Crippen molar-refractivity contribution in [1.82, 2.24) is 15.2 Å². The van der Waals surface area contributed by atoms with Crippen LogP contribution in [0.15, 0.2) is 18.3 Å². The number of nitrogens with one attached hydrogen (secondary N) is 1. The Bertz CT molecular complexity index is 529. The average Bonchev–Trinajstić information content (AvgIpc) is 2.46. The molecule has 5 heteroatoms. The molecule has 0 spiro atoms. The molecule has 21 heavy (non-hydrogen) atoms. The third-order valence-electron chi connectivity index (χ3n) is 3.37. The summed E-state index contributed by atoms with van der Waals surface area (Å²) < 4.78 is 0. The number of carbonyl (C=O) groups excluding carboxylic acids is 2. The molecule has 1 saturated heterocycles. The number of hydrogen-bond acceptors (Lipinski definition) is 3. The van der Waals surface area contributed by atoms with Crippen LogP contribution in [0.5, 0.6) is 0 Å². The number of piperidine rings is 1. The largest absolute Gasteiger partial charge is 0.346 e. The molecule has 1 N–H and O–H groups in total. The maximum absolute atomic E-state index is 12.4. The van der Waals surface area contributed by atoms with Crippen molar-refractivity contribution in [3.63, 3.8) is 0 Å². The van der Waals surface area contributed by atoms with Gasteiger partial charge in [-0.1, -0.05) is 0 Å². The van der Waals surface area contributed by atoms with Crippen LogP contribution in [0.25, 0.3) is 0 Å². The molecule has 0 atom stereocenters. The molecule has 5 nitrogen and oxygen atoms in total. The zero-order chi connectivity index (χ0) is 15.5. The molecule has 0 bridgehead atoms. The van der Waals surface area contributed by atoms with Crippen molar-refractivity contribution in [1.29, 1.82) is 0 Å². The van der Waals surface area contributed by atoms with Crippen LogP contribution < -0.4 is 5.32 Å². The second-order valence-corrected chi connectivity index (χ2v) is 6.49. The lowest BCUT2D eigenvalue weighted by Gasteiger charge is -2.26. The van der Waals surface area contributed by atoms with E-state index in [1.165, 1.54) is 12.6 Å². The average molecular weight is 289 g/mol. The Morgan fingerprint density at radius 3 is 2.48 bits per heavy atom. The molecule has 2 heterocycles. The number of hydrogen-bond donors (Lipinski definition) is 1. The predicted molar refractivity (Wildman–Crippen MR) is 81.2 cm³/mol. The van der Waals surface area contributed by atoms with Crippen LogP contribution in [0.1, 0.15) is 60.9 Å². The first-order valence-electron chi connectivity index (χ1n) is 7.45. The van der Waals surface area contributed by atoms with Crippen molar-refractivity contribution in [3.8, 4) is 0 Å². The van der Waals surface area contributed by atoms with Crippen molar-refractivity contribution in [2.45, 2.75) is 45.6 Å². The van der Waals surface area contributed by atoms with Gasteiger partial charge in [-0.05, 0) is 52.2 Å². The first-order valence-corrected chi connectivity index (χ1v) is 7.45. The van der Waals surface area contributed by atoms with E-state index in [0.29, 0.717) is 5.56 Å². The number of aromatic nitrogens is 1. The molecule has 0 unspecified atom stereocenters. The lowest BCUT2D eigenvalue weighted by Crippen LogP contribution is -2.41. The van der Waals surface area contributed by atoms with Crippen molar-refractivity contribution >= 4 is 11.8 Å². The maximum Gasteiger partial charge on any atom is 0.270 e. The van der Waals surface area contributed by atoms with Crippen LogP contribution in [0.3, 0.4) is 0 Å². The van der Waals surface area contributed by atoms with Crippen molar-refractivity contribution in [2.75, 3.05) is 13.1 Å². The Morgan fingerprint density at radius 2 is 1.86 bits per heavy atom. The number of likely N-dealkylation sites (tertiary alicyclic amines) is 1. The van der Waals surface area contributed by atoms with E-state index in [0.717, 1.165) is 25.9 Å². The van der Waals surface area contributed by atoms with Gasteiger partial charge in [0.05, 0.1) is 0 Å². The Kier molecular flexibility index (Phi) is 4.60. The molecule has 0 radical (unpaired) electrons. The highest BCUT2D eigenvalue weighted by Crippen LogP contribution is 2.14. The highest BCUT2D eigenvalue weighted by molar-refractivity contribution is 5.98. The van der Waals surface area contributed by atoms with Crippen LogP contribution in [-0.4, -0.2) is 40.3 Å². The summed E-state index contributed by atoms with van der Waals surface area (Å²) in [5.74, 6) is -0.266. The van der Waals surface area contributed by atoms with Gasteiger partial charge in [-0.3, -0.25) is 14.6 Å². The minimum atomic E-state index is -0.328. The van der Waals surface area contributed by atoms with Gasteiger partial charge in [0.25, 0.3) is 11.8 Å². The van der Waals surface area contributed by atoms with E-state index in [1.807, 2.05) is 25.7 Å². The molecule has 1 aromatic rings. The summed E-state index contributed by atoms with van der Waals surface area (Å²) >= 11 is 0. The van der Waals surface area contributed by atoms with Gasteiger partial charge in [-0.25, -0.2) is 0 Å². The Balaban J connectivity index is 2.13. The fourth-order valence-corrected chi connectivity index (χ4v) is 2.37. The molecule has 114 valence electrons. The summed E-state index contributed by atoms with van der Waals surface area (Å²) in [5, 5.41) is 2.85. The maximum atomic E-state index is 12.4.